The Morgan fingerprint density at radius 1 is 1.25 bits per heavy atom. The highest BCUT2D eigenvalue weighted by atomic mass is 32.1. The summed E-state index contributed by atoms with van der Waals surface area (Å²) in [7, 11) is 0. The molecule has 0 spiro atoms. The van der Waals surface area contributed by atoms with Crippen LogP contribution in [0.1, 0.15) is 77.4 Å². The predicted molar refractivity (Wildman–Crippen MR) is 136 cm³/mol. The van der Waals surface area contributed by atoms with Crippen molar-refractivity contribution in [3.8, 4) is 0 Å². The maximum atomic E-state index is 13.2. The monoisotopic (exact) mass is 521 g/mol. The third-order valence-electron chi connectivity index (χ3n) is 7.83. The van der Waals surface area contributed by atoms with E-state index in [4.69, 9.17) is 9.47 Å². The highest BCUT2D eigenvalue weighted by molar-refractivity contribution is 7.09. The summed E-state index contributed by atoms with van der Waals surface area (Å²) in [6.45, 7) is 10.5. The van der Waals surface area contributed by atoms with Gasteiger partial charge in [0.15, 0.2) is 6.29 Å². The second-order valence-corrected chi connectivity index (χ2v) is 12.1. The van der Waals surface area contributed by atoms with Gasteiger partial charge in [0.05, 0.1) is 40.8 Å². The number of ether oxygens (including phenoxy) is 2. The molecule has 2 aliphatic heterocycles. The van der Waals surface area contributed by atoms with Crippen LogP contribution in [-0.2, 0) is 23.9 Å². The highest BCUT2D eigenvalue weighted by Gasteiger charge is 2.57. The lowest BCUT2D eigenvalue weighted by Crippen LogP contribution is -2.45. The minimum absolute atomic E-state index is 0.185. The van der Waals surface area contributed by atoms with Crippen molar-refractivity contribution in [2.75, 3.05) is 0 Å². The van der Waals surface area contributed by atoms with Gasteiger partial charge in [0.25, 0.3) is 0 Å². The molecule has 1 aromatic heterocycles. The quantitative estimate of drug-likeness (QED) is 0.351. The molecule has 2 saturated heterocycles. The normalized spacial score (nSPS) is 36.6. The highest BCUT2D eigenvalue weighted by Crippen LogP contribution is 2.44. The van der Waals surface area contributed by atoms with Crippen molar-refractivity contribution in [2.45, 2.75) is 104 Å². The fourth-order valence-electron chi connectivity index (χ4n) is 5.04. The number of fused-ring (bicyclic) bond motifs is 1. The summed E-state index contributed by atoms with van der Waals surface area (Å²) in [5, 5.41) is 24.5. The van der Waals surface area contributed by atoms with Gasteiger partial charge in [-0.25, -0.2) is 4.98 Å². The summed E-state index contributed by atoms with van der Waals surface area (Å²) in [6, 6.07) is 0. The number of hydrogen-bond acceptors (Lipinski definition) is 9. The lowest BCUT2D eigenvalue weighted by Gasteiger charge is -2.34. The van der Waals surface area contributed by atoms with Crippen molar-refractivity contribution >= 4 is 35.5 Å². The number of Topliss-reactive ketones (excluding diaryl/α,β-unsaturated/α-hetero) is 1. The maximum absolute atomic E-state index is 13.2. The van der Waals surface area contributed by atoms with Gasteiger partial charge in [-0.15, -0.1) is 11.3 Å². The molecule has 0 unspecified atom stereocenters. The molecule has 0 bridgehead atoms. The number of aliphatic hydroxyl groups excluding tert-OH is 2. The first-order valence-corrected chi connectivity index (χ1v) is 13.5. The van der Waals surface area contributed by atoms with Gasteiger partial charge >= 0.3 is 5.97 Å². The van der Waals surface area contributed by atoms with Gasteiger partial charge in [-0.1, -0.05) is 27.7 Å². The number of ketones is 1. The van der Waals surface area contributed by atoms with Crippen molar-refractivity contribution in [3.63, 3.8) is 0 Å². The minimum Gasteiger partial charge on any atom is -0.458 e. The number of carbonyl (C=O) groups is 3. The first-order chi connectivity index (χ1) is 16.8. The van der Waals surface area contributed by atoms with Gasteiger partial charge in [-0.05, 0) is 50.7 Å². The van der Waals surface area contributed by atoms with E-state index >= 15 is 0 Å². The summed E-state index contributed by atoms with van der Waals surface area (Å²) in [5.41, 5.74) is -0.682. The predicted octanol–water partition coefficient (Wildman–Crippen LogP) is 3.66. The van der Waals surface area contributed by atoms with E-state index in [0.29, 0.717) is 25.7 Å². The molecule has 0 aromatic carbocycles. The molecular weight excluding hydrogens is 482 g/mol. The van der Waals surface area contributed by atoms with Gasteiger partial charge in [0.2, 0.25) is 0 Å². The molecule has 8 nitrogen and oxygen atoms in total. The van der Waals surface area contributed by atoms with Crippen LogP contribution in [0.2, 0.25) is 0 Å². The molecule has 0 aliphatic carbocycles. The number of aliphatic hydroxyl groups is 2. The van der Waals surface area contributed by atoms with E-state index in [-0.39, 0.29) is 18.1 Å². The van der Waals surface area contributed by atoms with Crippen LogP contribution in [0.15, 0.2) is 11.0 Å². The molecule has 2 fully saturated rings. The summed E-state index contributed by atoms with van der Waals surface area (Å²) in [4.78, 5) is 42.6. The van der Waals surface area contributed by atoms with Crippen LogP contribution in [0.25, 0.3) is 6.08 Å². The van der Waals surface area contributed by atoms with Crippen molar-refractivity contribution < 1.29 is 34.1 Å². The Morgan fingerprint density at radius 3 is 2.56 bits per heavy atom. The number of nitrogens with zero attached hydrogens (tertiary/aromatic N) is 1. The average Bonchev–Trinajstić information content (AvgIpc) is 3.35. The molecule has 36 heavy (non-hydrogen) atoms. The van der Waals surface area contributed by atoms with Gasteiger partial charge < -0.3 is 24.5 Å². The van der Waals surface area contributed by atoms with E-state index in [2.05, 4.69) is 4.98 Å². The number of esters is 1. The summed E-state index contributed by atoms with van der Waals surface area (Å²) < 4.78 is 11.6. The fraction of sp³-hybridized carbons (Fsp3) is 0.704. The molecule has 0 saturated carbocycles. The van der Waals surface area contributed by atoms with Crippen LogP contribution in [0.3, 0.4) is 0 Å². The Kier molecular flexibility index (Phi) is 8.91. The van der Waals surface area contributed by atoms with E-state index in [1.54, 1.807) is 20.8 Å². The Morgan fingerprint density at radius 2 is 1.94 bits per heavy atom. The molecule has 2 N–H and O–H groups in total. The number of epoxide rings is 1. The Labute approximate surface area is 217 Å². The topological polar surface area (TPSA) is 126 Å². The Balaban J connectivity index is 1.89. The van der Waals surface area contributed by atoms with E-state index in [1.165, 1.54) is 11.3 Å². The van der Waals surface area contributed by atoms with Crippen LogP contribution in [0.5, 0.6) is 0 Å². The number of carbonyl (C=O) groups excluding carboxylic acids is 3. The molecule has 3 heterocycles. The number of aryl methyl sites for hydroxylation is 1. The summed E-state index contributed by atoms with van der Waals surface area (Å²) >= 11 is 1.52. The third-order valence-corrected chi connectivity index (χ3v) is 8.63. The van der Waals surface area contributed by atoms with E-state index in [0.717, 1.165) is 22.6 Å². The molecule has 0 radical (unpaired) electrons. The first-order valence-electron chi connectivity index (χ1n) is 12.6. The fourth-order valence-corrected chi connectivity index (χ4v) is 5.61. The van der Waals surface area contributed by atoms with Gasteiger partial charge in [0, 0.05) is 17.7 Å². The molecule has 200 valence electrons. The van der Waals surface area contributed by atoms with Crippen LogP contribution in [0.4, 0.5) is 0 Å². The molecule has 9 heteroatoms. The zero-order valence-corrected chi connectivity index (χ0v) is 22.8. The van der Waals surface area contributed by atoms with E-state index < -0.39 is 47.3 Å². The summed E-state index contributed by atoms with van der Waals surface area (Å²) in [6.07, 6.45) is 1.07. The zero-order chi connectivity index (χ0) is 26.8. The Hall–Kier alpha value is -1.94. The van der Waals surface area contributed by atoms with Gasteiger partial charge in [0.1, 0.15) is 17.5 Å². The van der Waals surface area contributed by atoms with Crippen molar-refractivity contribution in [3.05, 3.63) is 21.7 Å². The van der Waals surface area contributed by atoms with Crippen molar-refractivity contribution in [1.29, 1.82) is 0 Å². The first kappa shape index (κ1) is 28.6. The van der Waals surface area contributed by atoms with Gasteiger partial charge in [-0.2, -0.15) is 0 Å². The SMILES string of the molecule is C/C(=C\c1csc(C)n1)[C@@H]1C[C@@H]2O[C@]2(C=O)CCC[C@H](C)[C@H](O)[C@@H](C)C(=O)C(C)(C)[C@@H](O)CC(=O)O1. The lowest BCUT2D eigenvalue weighted by atomic mass is 9.73. The molecule has 7 atom stereocenters. The molecular formula is C27H39NO7S. The molecule has 1 aromatic rings. The van der Waals surface area contributed by atoms with E-state index in [1.807, 2.05) is 32.2 Å². The Bertz CT molecular complexity index is 1000. The molecule has 3 rings (SSSR count). The number of aromatic nitrogens is 1. The van der Waals surface area contributed by atoms with Crippen molar-refractivity contribution in [1.82, 2.24) is 4.98 Å². The second kappa shape index (κ2) is 11.2. The molecule has 2 aliphatic rings. The zero-order valence-electron chi connectivity index (χ0n) is 22.0. The smallest absolute Gasteiger partial charge is 0.309 e. The number of thiazole rings is 1. The van der Waals surface area contributed by atoms with Crippen LogP contribution < -0.4 is 0 Å². The number of aldehydes is 1. The summed E-state index contributed by atoms with van der Waals surface area (Å²) in [5.74, 6) is -1.87. The standard InChI is InChI=1S/C27H39NO7S/c1-15-8-7-9-27(14-29)22(35-27)11-20(16(2)10-19-13-36-18(4)28-19)34-23(31)12-21(30)26(5,6)25(33)17(3)24(15)32/h10,13-15,17,20-22,24,30,32H,7-9,11-12H2,1-6H3/b16-10+/t15-,17+,20-,21-,22-,24-,27-/m0/s1. The third kappa shape index (κ3) is 6.30. The number of cyclic esters (lactones) is 1. The van der Waals surface area contributed by atoms with E-state index in [9.17, 15) is 24.6 Å². The lowest BCUT2D eigenvalue weighted by molar-refractivity contribution is -0.154. The molecule has 0 amide bonds. The average molecular weight is 522 g/mol. The van der Waals surface area contributed by atoms with Crippen LogP contribution >= 0.6 is 11.3 Å². The van der Waals surface area contributed by atoms with Crippen LogP contribution in [-0.4, -0.2) is 63.3 Å². The number of rotatable bonds is 3. The minimum atomic E-state index is -1.28. The van der Waals surface area contributed by atoms with Crippen molar-refractivity contribution in [2.24, 2.45) is 17.3 Å². The number of hydrogen-bond donors (Lipinski definition) is 2. The largest absolute Gasteiger partial charge is 0.458 e. The van der Waals surface area contributed by atoms with Gasteiger partial charge in [-0.3, -0.25) is 9.59 Å². The maximum Gasteiger partial charge on any atom is 0.309 e. The second-order valence-electron chi connectivity index (χ2n) is 11.0. The van der Waals surface area contributed by atoms with Crippen LogP contribution in [0, 0.1) is 24.2 Å².